The van der Waals surface area contributed by atoms with E-state index in [0.717, 1.165) is 25.9 Å². The van der Waals surface area contributed by atoms with Crippen molar-refractivity contribution in [2.75, 3.05) is 44.5 Å². The average molecular weight is 501 g/mol. The van der Waals surface area contributed by atoms with E-state index < -0.39 is 11.2 Å². The van der Waals surface area contributed by atoms with Gasteiger partial charge in [-0.15, -0.1) is 0 Å². The van der Waals surface area contributed by atoms with Crippen molar-refractivity contribution in [3.63, 3.8) is 0 Å². The van der Waals surface area contributed by atoms with Crippen LogP contribution < -0.4 is 10.4 Å². The second-order valence-electron chi connectivity index (χ2n) is 10.1. The highest BCUT2D eigenvalue weighted by Crippen LogP contribution is 2.38. The summed E-state index contributed by atoms with van der Waals surface area (Å²) in [4.78, 5) is 30.4. The van der Waals surface area contributed by atoms with Crippen molar-refractivity contribution in [3.05, 3.63) is 99.0 Å². The van der Waals surface area contributed by atoms with Crippen LogP contribution in [-0.2, 0) is 17.6 Å². The van der Waals surface area contributed by atoms with Crippen molar-refractivity contribution < 1.29 is 14.6 Å². The van der Waals surface area contributed by atoms with Gasteiger partial charge in [-0.1, -0.05) is 48.5 Å². The quantitative estimate of drug-likeness (QED) is 0.593. The van der Waals surface area contributed by atoms with E-state index in [1.54, 1.807) is 15.8 Å². The Hall–Kier alpha value is -3.62. The maximum atomic E-state index is 13.8. The van der Waals surface area contributed by atoms with E-state index in [4.69, 9.17) is 4.74 Å². The number of hydrogen-bond donors (Lipinski definition) is 1. The van der Waals surface area contributed by atoms with Crippen LogP contribution in [0.25, 0.3) is 0 Å². The number of carbonyl (C=O) groups is 1. The molecule has 1 fully saturated rings. The molecule has 3 heterocycles. The molecule has 2 aromatic carbocycles. The molecule has 3 aromatic rings. The molecular weight excluding hydrogens is 468 g/mol. The Morgan fingerprint density at radius 2 is 1.57 bits per heavy atom. The zero-order chi connectivity index (χ0) is 25.5. The fourth-order valence-electron chi connectivity index (χ4n) is 5.97. The second-order valence-corrected chi connectivity index (χ2v) is 10.1. The van der Waals surface area contributed by atoms with Gasteiger partial charge >= 0.3 is 0 Å². The lowest BCUT2D eigenvalue weighted by Crippen LogP contribution is -2.59. The van der Waals surface area contributed by atoms with Gasteiger partial charge in [0.25, 0.3) is 5.91 Å². The molecule has 0 bridgehead atoms. The summed E-state index contributed by atoms with van der Waals surface area (Å²) < 4.78 is 7.19. The van der Waals surface area contributed by atoms with Gasteiger partial charge < -0.3 is 14.7 Å². The first-order valence-corrected chi connectivity index (χ1v) is 13.0. The topological polar surface area (TPSA) is 78.2 Å². The summed E-state index contributed by atoms with van der Waals surface area (Å²) in [5.74, 6) is -0.835. The van der Waals surface area contributed by atoms with Gasteiger partial charge in [0.05, 0.1) is 19.3 Å². The van der Waals surface area contributed by atoms with Crippen molar-refractivity contribution in [2.24, 2.45) is 0 Å². The van der Waals surface area contributed by atoms with Crippen molar-refractivity contribution in [2.45, 2.75) is 31.8 Å². The molecule has 8 heteroatoms. The number of ether oxygens (including phenoxy) is 1. The lowest BCUT2D eigenvalue weighted by atomic mass is 9.94. The first-order chi connectivity index (χ1) is 18.0. The van der Waals surface area contributed by atoms with Crippen molar-refractivity contribution in [1.29, 1.82) is 0 Å². The van der Waals surface area contributed by atoms with Crippen LogP contribution in [0.1, 0.15) is 45.7 Å². The molecule has 1 amide bonds. The van der Waals surface area contributed by atoms with Crippen molar-refractivity contribution in [1.82, 2.24) is 14.5 Å². The van der Waals surface area contributed by atoms with E-state index >= 15 is 0 Å². The van der Waals surface area contributed by atoms with Crippen LogP contribution >= 0.6 is 0 Å². The number of carbonyl (C=O) groups excluding carboxylic acids is 1. The predicted molar refractivity (Wildman–Crippen MR) is 140 cm³/mol. The number of fused-ring (bicyclic) bond motifs is 3. The summed E-state index contributed by atoms with van der Waals surface area (Å²) in [5, 5.41) is 13.0. The molecule has 2 aliphatic heterocycles. The molecule has 1 atom stereocenters. The fourth-order valence-corrected chi connectivity index (χ4v) is 5.97. The third-order valence-electron chi connectivity index (χ3n) is 7.91. The van der Waals surface area contributed by atoms with Gasteiger partial charge in [-0.05, 0) is 42.0 Å². The minimum absolute atomic E-state index is 0.0202. The van der Waals surface area contributed by atoms with Crippen LogP contribution in [0.15, 0.2) is 65.6 Å². The smallest absolute Gasteiger partial charge is 0.278 e. The largest absolute Gasteiger partial charge is 0.502 e. The zero-order valence-electron chi connectivity index (χ0n) is 21.0. The molecular formula is C29H32N4O4. The molecule has 37 heavy (non-hydrogen) atoms. The molecule has 1 saturated heterocycles. The Morgan fingerprint density at radius 3 is 2.22 bits per heavy atom. The highest BCUT2D eigenvalue weighted by molar-refractivity contribution is 5.96. The van der Waals surface area contributed by atoms with Gasteiger partial charge in [0.15, 0.2) is 11.4 Å². The molecule has 192 valence electrons. The molecule has 0 saturated carbocycles. The Morgan fingerprint density at radius 1 is 0.946 bits per heavy atom. The SMILES string of the molecule is CC(CN1CCOCC1)N1CN(C2c3ccccc3CCc3ccccc32)n2ccc(=O)c(O)c2C1=O. The van der Waals surface area contributed by atoms with E-state index in [0.29, 0.717) is 26.4 Å². The molecule has 1 unspecified atom stereocenters. The number of hydrogen-bond acceptors (Lipinski definition) is 6. The van der Waals surface area contributed by atoms with Crippen LogP contribution in [0.2, 0.25) is 0 Å². The zero-order valence-corrected chi connectivity index (χ0v) is 21.0. The van der Waals surface area contributed by atoms with Crippen LogP contribution in [0.3, 0.4) is 0 Å². The third-order valence-corrected chi connectivity index (χ3v) is 7.91. The minimum Gasteiger partial charge on any atom is -0.502 e. The van der Waals surface area contributed by atoms with Gasteiger partial charge in [-0.2, -0.15) is 0 Å². The molecule has 1 N–H and O–H groups in total. The lowest BCUT2D eigenvalue weighted by molar-refractivity contribution is 0.0209. The van der Waals surface area contributed by atoms with E-state index in [1.807, 2.05) is 6.92 Å². The minimum atomic E-state index is -0.552. The Bertz CT molecular complexity index is 1330. The summed E-state index contributed by atoms with van der Waals surface area (Å²) in [6.07, 6.45) is 3.47. The highest BCUT2D eigenvalue weighted by Gasteiger charge is 2.40. The number of morpholine rings is 1. The third kappa shape index (κ3) is 4.20. The van der Waals surface area contributed by atoms with Crippen LogP contribution in [0.5, 0.6) is 5.75 Å². The van der Waals surface area contributed by atoms with Crippen molar-refractivity contribution >= 4 is 5.91 Å². The number of nitrogens with zero attached hydrogens (tertiary/aromatic N) is 4. The fraction of sp³-hybridized carbons (Fsp3) is 0.379. The average Bonchev–Trinajstić information content (AvgIpc) is 3.08. The monoisotopic (exact) mass is 500 g/mol. The highest BCUT2D eigenvalue weighted by atomic mass is 16.5. The maximum Gasteiger partial charge on any atom is 0.278 e. The second kappa shape index (κ2) is 9.68. The number of rotatable bonds is 4. The molecule has 0 radical (unpaired) electrons. The summed E-state index contributed by atoms with van der Waals surface area (Å²) in [5.41, 5.74) is 4.34. The Kier molecular flexibility index (Phi) is 6.22. The molecule has 8 nitrogen and oxygen atoms in total. The molecule has 6 rings (SSSR count). The molecule has 3 aliphatic rings. The number of aromatic nitrogens is 1. The number of aryl methyl sites for hydroxylation is 2. The Labute approximate surface area is 216 Å². The van der Waals surface area contributed by atoms with Crippen LogP contribution in [0.4, 0.5) is 0 Å². The van der Waals surface area contributed by atoms with E-state index in [9.17, 15) is 14.7 Å². The van der Waals surface area contributed by atoms with Crippen LogP contribution in [0, 0.1) is 0 Å². The lowest BCUT2D eigenvalue weighted by Gasteiger charge is -2.46. The van der Waals surface area contributed by atoms with E-state index in [-0.39, 0.29) is 23.7 Å². The summed E-state index contributed by atoms with van der Waals surface area (Å²) in [6, 6.07) is 17.9. The normalized spacial score (nSPS) is 19.1. The van der Waals surface area contributed by atoms with Crippen molar-refractivity contribution in [3.8, 4) is 5.75 Å². The van der Waals surface area contributed by atoms with E-state index in [2.05, 4.69) is 58.4 Å². The molecule has 1 aliphatic carbocycles. The van der Waals surface area contributed by atoms with Gasteiger partial charge in [0.2, 0.25) is 5.43 Å². The summed E-state index contributed by atoms with van der Waals surface area (Å²) in [6.45, 7) is 6.06. The molecule has 1 aromatic heterocycles. The first-order valence-electron chi connectivity index (χ1n) is 13.0. The van der Waals surface area contributed by atoms with Gasteiger partial charge in [0.1, 0.15) is 6.67 Å². The number of amides is 1. The summed E-state index contributed by atoms with van der Waals surface area (Å²) >= 11 is 0. The standard InChI is InChI=1S/C29H32N4O4/c1-20(18-30-14-16-37-17-15-30)31-19-33(32-13-12-25(34)28(35)27(32)29(31)36)26-23-8-4-2-6-21(23)10-11-22-7-3-5-9-24(22)26/h2-9,12-13,20,26,35H,10-11,14-19H2,1H3. The van der Waals surface area contributed by atoms with Gasteiger partial charge in [-0.25, -0.2) is 0 Å². The number of aromatic hydroxyl groups is 1. The van der Waals surface area contributed by atoms with Crippen LogP contribution in [-0.4, -0.2) is 71.0 Å². The maximum absolute atomic E-state index is 13.8. The predicted octanol–water partition coefficient (Wildman–Crippen LogP) is 2.51. The van der Waals surface area contributed by atoms with Gasteiger partial charge in [0, 0.05) is 37.9 Å². The number of pyridine rings is 1. The first kappa shape index (κ1) is 23.8. The molecule has 0 spiro atoms. The summed E-state index contributed by atoms with van der Waals surface area (Å²) in [7, 11) is 0. The van der Waals surface area contributed by atoms with E-state index in [1.165, 1.54) is 28.3 Å². The van der Waals surface area contributed by atoms with Gasteiger partial charge in [-0.3, -0.25) is 24.2 Å². The number of benzene rings is 2. The Balaban J connectivity index is 1.48.